The predicted molar refractivity (Wildman–Crippen MR) is 112 cm³/mol. The van der Waals surface area contributed by atoms with E-state index in [0.29, 0.717) is 37.8 Å². The average molecular weight is 430 g/mol. The molecular weight excluding hydrogens is 393 g/mol. The summed E-state index contributed by atoms with van der Waals surface area (Å²) in [7, 11) is 0. The van der Waals surface area contributed by atoms with E-state index in [1.54, 1.807) is 6.07 Å². The van der Waals surface area contributed by atoms with E-state index in [0.717, 1.165) is 32.0 Å². The van der Waals surface area contributed by atoms with Gasteiger partial charge in [0.2, 0.25) is 0 Å². The minimum atomic E-state index is -4.32. The Balaban J connectivity index is 1.42. The third-order valence-electron chi connectivity index (χ3n) is 6.40. The summed E-state index contributed by atoms with van der Waals surface area (Å²) in [4.78, 5) is 3.26. The van der Waals surface area contributed by atoms with Crippen LogP contribution in [0.25, 0.3) is 0 Å². The molecule has 3 rings (SSSR count). The number of aliphatic hydroxyl groups excluding tert-OH is 1. The standard InChI is InChI=1S/C23H35F3N2O2/c1-17-11-21(14-22(2,3)13-17)30-16-20(29)15-27-7-9-28(10-8-27)19-6-4-5-18(12-19)23(24,25)26/h4-6,12,17,20-21,29H,7-11,13-16H2,1-3H3/p+1/t17-,20-,21-/m1/s1. The maximum absolute atomic E-state index is 12.9. The van der Waals surface area contributed by atoms with Gasteiger partial charge in [-0.15, -0.1) is 0 Å². The summed E-state index contributed by atoms with van der Waals surface area (Å²) in [5.74, 6) is 0.644. The topological polar surface area (TPSA) is 37.1 Å². The molecule has 2 aliphatic rings. The molecule has 0 aromatic heterocycles. The fraction of sp³-hybridized carbons (Fsp3) is 0.739. The van der Waals surface area contributed by atoms with Crippen molar-refractivity contribution in [1.29, 1.82) is 0 Å². The Kier molecular flexibility index (Phi) is 7.36. The second-order valence-corrected chi connectivity index (χ2v) is 10.0. The lowest BCUT2D eigenvalue weighted by Gasteiger charge is -2.39. The lowest BCUT2D eigenvalue weighted by atomic mass is 9.71. The molecule has 1 aromatic rings. The Labute approximate surface area is 178 Å². The fourth-order valence-corrected chi connectivity index (χ4v) is 5.19. The number of piperazine rings is 1. The number of rotatable bonds is 6. The van der Waals surface area contributed by atoms with E-state index < -0.39 is 17.8 Å². The van der Waals surface area contributed by atoms with Gasteiger partial charge in [-0.25, -0.2) is 0 Å². The minimum Gasteiger partial charge on any atom is -0.385 e. The molecule has 4 nitrogen and oxygen atoms in total. The summed E-state index contributed by atoms with van der Waals surface area (Å²) < 4.78 is 44.9. The Morgan fingerprint density at radius 2 is 1.93 bits per heavy atom. The normalized spacial score (nSPS) is 26.6. The van der Waals surface area contributed by atoms with Crippen molar-refractivity contribution in [3.63, 3.8) is 0 Å². The van der Waals surface area contributed by atoms with Crippen molar-refractivity contribution >= 4 is 5.69 Å². The largest absolute Gasteiger partial charge is 0.416 e. The van der Waals surface area contributed by atoms with Crippen molar-refractivity contribution in [2.45, 2.75) is 58.4 Å². The van der Waals surface area contributed by atoms with Crippen LogP contribution in [0.2, 0.25) is 0 Å². The number of quaternary nitrogens is 1. The van der Waals surface area contributed by atoms with E-state index >= 15 is 0 Å². The predicted octanol–water partition coefficient (Wildman–Crippen LogP) is 3.00. The van der Waals surface area contributed by atoms with Crippen LogP contribution in [-0.2, 0) is 10.9 Å². The molecule has 1 aromatic carbocycles. The zero-order valence-corrected chi connectivity index (χ0v) is 18.3. The third kappa shape index (κ3) is 6.59. The fourth-order valence-electron chi connectivity index (χ4n) is 5.19. The first-order chi connectivity index (χ1) is 14.0. The van der Waals surface area contributed by atoms with Gasteiger partial charge in [-0.3, -0.25) is 0 Å². The van der Waals surface area contributed by atoms with Crippen LogP contribution >= 0.6 is 0 Å². The van der Waals surface area contributed by atoms with Crippen LogP contribution in [0, 0.1) is 11.3 Å². The molecule has 2 fully saturated rings. The van der Waals surface area contributed by atoms with Crippen molar-refractivity contribution in [1.82, 2.24) is 0 Å². The number of aliphatic hydroxyl groups is 1. The smallest absolute Gasteiger partial charge is 0.385 e. The molecule has 0 unspecified atom stereocenters. The first-order valence-corrected chi connectivity index (χ1v) is 11.1. The second-order valence-electron chi connectivity index (χ2n) is 10.0. The number of benzene rings is 1. The molecule has 7 heteroatoms. The van der Waals surface area contributed by atoms with Crippen LogP contribution in [0.1, 0.15) is 45.6 Å². The van der Waals surface area contributed by atoms with Crippen LogP contribution < -0.4 is 9.80 Å². The molecule has 1 saturated carbocycles. The molecule has 0 spiro atoms. The highest BCUT2D eigenvalue weighted by Gasteiger charge is 2.33. The second kappa shape index (κ2) is 9.45. The SMILES string of the molecule is C[C@@H]1C[C@@H](OC[C@H](O)C[NH+]2CCN(c3cccc(C(F)(F)F)c3)CC2)CC(C)(C)C1. The molecule has 1 aliphatic carbocycles. The van der Waals surface area contributed by atoms with Crippen LogP contribution in [0.3, 0.4) is 0 Å². The van der Waals surface area contributed by atoms with E-state index in [1.807, 2.05) is 4.90 Å². The summed E-state index contributed by atoms with van der Waals surface area (Å²) in [6, 6.07) is 5.53. The lowest BCUT2D eigenvalue weighted by molar-refractivity contribution is -0.903. The van der Waals surface area contributed by atoms with E-state index in [9.17, 15) is 18.3 Å². The van der Waals surface area contributed by atoms with Gasteiger partial charge in [0.05, 0.1) is 44.5 Å². The molecule has 1 aliphatic heterocycles. The van der Waals surface area contributed by atoms with Crippen LogP contribution in [0.5, 0.6) is 0 Å². The Morgan fingerprint density at radius 1 is 1.23 bits per heavy atom. The highest BCUT2D eigenvalue weighted by Crippen LogP contribution is 2.39. The van der Waals surface area contributed by atoms with Crippen LogP contribution in [0.15, 0.2) is 24.3 Å². The first kappa shape index (κ1) is 23.4. The molecule has 0 bridgehead atoms. The van der Waals surface area contributed by atoms with Gasteiger partial charge in [-0.05, 0) is 48.8 Å². The lowest BCUT2D eigenvalue weighted by Crippen LogP contribution is -3.16. The number of ether oxygens (including phenoxy) is 1. The third-order valence-corrected chi connectivity index (χ3v) is 6.40. The van der Waals surface area contributed by atoms with Crippen LogP contribution in [-0.4, -0.2) is 56.6 Å². The maximum atomic E-state index is 12.9. The number of anilines is 1. The maximum Gasteiger partial charge on any atom is 0.416 e. The molecule has 1 saturated heterocycles. The summed E-state index contributed by atoms with van der Waals surface area (Å²) in [6.07, 6.45) is -1.31. The molecule has 3 atom stereocenters. The van der Waals surface area contributed by atoms with Gasteiger partial charge >= 0.3 is 6.18 Å². The number of alkyl halides is 3. The van der Waals surface area contributed by atoms with Gasteiger partial charge in [-0.1, -0.05) is 26.8 Å². The van der Waals surface area contributed by atoms with Gasteiger partial charge in [0.15, 0.2) is 0 Å². The number of hydrogen-bond donors (Lipinski definition) is 2. The molecular formula is C23H36F3N2O2+. The number of nitrogens with zero attached hydrogens (tertiary/aromatic N) is 1. The molecule has 2 N–H and O–H groups in total. The van der Waals surface area contributed by atoms with E-state index in [-0.39, 0.29) is 11.5 Å². The number of hydrogen-bond acceptors (Lipinski definition) is 3. The highest BCUT2D eigenvalue weighted by atomic mass is 19.4. The van der Waals surface area contributed by atoms with E-state index in [1.165, 1.54) is 23.5 Å². The average Bonchev–Trinajstić information content (AvgIpc) is 2.65. The first-order valence-electron chi connectivity index (χ1n) is 11.1. The van der Waals surface area contributed by atoms with E-state index in [4.69, 9.17) is 4.74 Å². The Morgan fingerprint density at radius 3 is 2.57 bits per heavy atom. The van der Waals surface area contributed by atoms with E-state index in [2.05, 4.69) is 20.8 Å². The Bertz CT molecular complexity index is 687. The molecule has 170 valence electrons. The summed E-state index contributed by atoms with van der Waals surface area (Å²) in [6.45, 7) is 10.7. The van der Waals surface area contributed by atoms with Crippen molar-refractivity contribution in [3.05, 3.63) is 29.8 Å². The number of nitrogens with one attached hydrogen (secondary N) is 1. The summed E-state index contributed by atoms with van der Waals surface area (Å²) in [5, 5.41) is 10.5. The van der Waals surface area contributed by atoms with Gasteiger partial charge in [0.25, 0.3) is 0 Å². The quantitative estimate of drug-likeness (QED) is 0.730. The monoisotopic (exact) mass is 429 g/mol. The molecule has 0 radical (unpaired) electrons. The highest BCUT2D eigenvalue weighted by molar-refractivity contribution is 5.49. The summed E-state index contributed by atoms with van der Waals surface area (Å²) in [5.41, 5.74) is 0.294. The Hall–Kier alpha value is -1.31. The van der Waals surface area contributed by atoms with Crippen molar-refractivity contribution in [2.24, 2.45) is 11.3 Å². The zero-order valence-electron chi connectivity index (χ0n) is 18.3. The van der Waals surface area contributed by atoms with Crippen molar-refractivity contribution in [2.75, 3.05) is 44.2 Å². The van der Waals surface area contributed by atoms with Gasteiger partial charge in [0, 0.05) is 5.69 Å². The molecule has 30 heavy (non-hydrogen) atoms. The minimum absolute atomic E-state index is 0.214. The van der Waals surface area contributed by atoms with Crippen LogP contribution in [0.4, 0.5) is 18.9 Å². The van der Waals surface area contributed by atoms with Gasteiger partial charge < -0.3 is 19.6 Å². The molecule has 0 amide bonds. The molecule has 1 heterocycles. The zero-order chi connectivity index (χ0) is 21.9. The van der Waals surface area contributed by atoms with Gasteiger partial charge in [-0.2, -0.15) is 13.2 Å². The van der Waals surface area contributed by atoms with Crippen molar-refractivity contribution in [3.8, 4) is 0 Å². The summed E-state index contributed by atoms with van der Waals surface area (Å²) >= 11 is 0. The number of halogens is 3. The van der Waals surface area contributed by atoms with Gasteiger partial charge in [0.1, 0.15) is 12.6 Å². The van der Waals surface area contributed by atoms with Crippen molar-refractivity contribution < 1.29 is 27.9 Å².